The lowest BCUT2D eigenvalue weighted by molar-refractivity contribution is -0.146. The number of hydrogen-bond acceptors (Lipinski definition) is 2. The van der Waals surface area contributed by atoms with Gasteiger partial charge in [0.2, 0.25) is 0 Å². The van der Waals surface area contributed by atoms with E-state index in [1.54, 1.807) is 0 Å². The van der Waals surface area contributed by atoms with E-state index >= 15 is 0 Å². The summed E-state index contributed by atoms with van der Waals surface area (Å²) in [7, 11) is 0. The number of rotatable bonds is 3. The van der Waals surface area contributed by atoms with Gasteiger partial charge in [-0.2, -0.15) is 18.3 Å². The third-order valence-corrected chi connectivity index (χ3v) is 1.74. The van der Waals surface area contributed by atoms with E-state index in [4.69, 9.17) is 5.11 Å². The number of halogens is 5. The first kappa shape index (κ1) is 11.9. The van der Waals surface area contributed by atoms with Crippen molar-refractivity contribution in [3.63, 3.8) is 0 Å². The number of aromatic amines is 1. The summed E-state index contributed by atoms with van der Waals surface area (Å²) < 4.78 is 62.7. The minimum absolute atomic E-state index is 0.415. The average molecular weight is 230 g/mol. The SMILES string of the molecule is OCCC(F)(F)c1cn[nH]c1C(F)(F)F. The first-order chi connectivity index (χ1) is 6.79. The molecule has 0 aliphatic carbocycles. The van der Waals surface area contributed by atoms with Crippen molar-refractivity contribution in [1.29, 1.82) is 0 Å². The third kappa shape index (κ3) is 2.44. The summed E-state index contributed by atoms with van der Waals surface area (Å²) in [6.07, 6.45) is -5.57. The zero-order valence-corrected chi connectivity index (χ0v) is 7.28. The molecule has 0 radical (unpaired) electrons. The summed E-state index contributed by atoms with van der Waals surface area (Å²) in [4.78, 5) is 0. The molecule has 1 heterocycles. The lowest BCUT2D eigenvalue weighted by Gasteiger charge is -2.16. The van der Waals surface area contributed by atoms with Gasteiger partial charge in [-0.3, -0.25) is 5.10 Å². The van der Waals surface area contributed by atoms with Crippen LogP contribution < -0.4 is 0 Å². The van der Waals surface area contributed by atoms with Gasteiger partial charge in [0.15, 0.2) is 0 Å². The van der Waals surface area contributed by atoms with Crippen LogP contribution in [0.4, 0.5) is 22.0 Å². The van der Waals surface area contributed by atoms with E-state index < -0.39 is 36.4 Å². The highest BCUT2D eigenvalue weighted by Gasteiger charge is 2.44. The molecular formula is C7H7F5N2O. The number of alkyl halides is 5. The summed E-state index contributed by atoms with van der Waals surface area (Å²) in [6.45, 7) is -0.907. The van der Waals surface area contributed by atoms with Crippen LogP contribution in [0.25, 0.3) is 0 Å². The maximum Gasteiger partial charge on any atom is 0.433 e. The highest BCUT2D eigenvalue weighted by atomic mass is 19.4. The average Bonchev–Trinajstić information content (AvgIpc) is 2.49. The van der Waals surface area contributed by atoms with E-state index in [9.17, 15) is 22.0 Å². The summed E-state index contributed by atoms with van der Waals surface area (Å²) >= 11 is 0. The molecule has 0 aliphatic rings. The molecule has 0 saturated carbocycles. The number of nitrogens with zero attached hydrogens (tertiary/aromatic N) is 1. The zero-order chi connectivity index (χ0) is 11.7. The van der Waals surface area contributed by atoms with Crippen LogP contribution in [0, 0.1) is 0 Å². The highest BCUT2D eigenvalue weighted by Crippen LogP contribution is 2.39. The van der Waals surface area contributed by atoms with Gasteiger partial charge >= 0.3 is 6.18 Å². The van der Waals surface area contributed by atoms with E-state index in [1.807, 2.05) is 0 Å². The standard InChI is InChI=1S/C7H7F5N2O/c8-6(9,1-2-15)4-3-13-14-5(4)7(10,11)12/h3,15H,1-2H2,(H,13,14). The van der Waals surface area contributed by atoms with Crippen LogP contribution >= 0.6 is 0 Å². The lowest BCUT2D eigenvalue weighted by atomic mass is 10.1. The molecule has 1 aromatic heterocycles. The van der Waals surface area contributed by atoms with Crippen molar-refractivity contribution in [2.75, 3.05) is 6.61 Å². The van der Waals surface area contributed by atoms with Gasteiger partial charge in [0.1, 0.15) is 5.69 Å². The molecule has 0 atom stereocenters. The Morgan fingerprint density at radius 1 is 1.27 bits per heavy atom. The maximum atomic E-state index is 13.1. The summed E-state index contributed by atoms with van der Waals surface area (Å²) in [6, 6.07) is 0. The van der Waals surface area contributed by atoms with E-state index in [2.05, 4.69) is 5.10 Å². The van der Waals surface area contributed by atoms with Crippen molar-refractivity contribution in [2.24, 2.45) is 0 Å². The molecule has 0 saturated heterocycles. The molecule has 8 heteroatoms. The van der Waals surface area contributed by atoms with Crippen LogP contribution in [0.5, 0.6) is 0 Å². The minimum atomic E-state index is -4.91. The van der Waals surface area contributed by atoms with Crippen molar-refractivity contribution in [2.45, 2.75) is 18.5 Å². The van der Waals surface area contributed by atoms with Crippen LogP contribution in [0.15, 0.2) is 6.20 Å². The van der Waals surface area contributed by atoms with Crippen molar-refractivity contribution in [3.05, 3.63) is 17.5 Å². The van der Waals surface area contributed by atoms with Gasteiger partial charge in [-0.1, -0.05) is 0 Å². The van der Waals surface area contributed by atoms with Crippen LogP contribution in [-0.2, 0) is 12.1 Å². The summed E-state index contributed by atoms with van der Waals surface area (Å²) in [5, 5.41) is 12.7. The molecule has 86 valence electrons. The highest BCUT2D eigenvalue weighted by molar-refractivity contribution is 5.24. The molecule has 15 heavy (non-hydrogen) atoms. The van der Waals surface area contributed by atoms with Gasteiger partial charge in [0.25, 0.3) is 5.92 Å². The normalized spacial score (nSPS) is 13.2. The topological polar surface area (TPSA) is 48.9 Å². The maximum absolute atomic E-state index is 13.1. The van der Waals surface area contributed by atoms with E-state index in [-0.39, 0.29) is 0 Å². The second-order valence-corrected chi connectivity index (χ2v) is 2.83. The van der Waals surface area contributed by atoms with Gasteiger partial charge in [-0.05, 0) is 0 Å². The molecule has 0 bridgehead atoms. The van der Waals surface area contributed by atoms with E-state index in [0.29, 0.717) is 6.20 Å². The first-order valence-corrected chi connectivity index (χ1v) is 3.89. The fourth-order valence-corrected chi connectivity index (χ4v) is 1.05. The van der Waals surface area contributed by atoms with Gasteiger partial charge in [-0.15, -0.1) is 0 Å². The van der Waals surface area contributed by atoms with Crippen LogP contribution in [0.1, 0.15) is 17.7 Å². The monoisotopic (exact) mass is 230 g/mol. The molecule has 0 aliphatic heterocycles. The van der Waals surface area contributed by atoms with E-state index in [1.165, 1.54) is 5.10 Å². The Morgan fingerprint density at radius 3 is 2.33 bits per heavy atom. The van der Waals surface area contributed by atoms with Crippen LogP contribution in [-0.4, -0.2) is 21.9 Å². The number of H-pyrrole nitrogens is 1. The number of aromatic nitrogens is 2. The predicted molar refractivity (Wildman–Crippen MR) is 39.2 cm³/mol. The Balaban J connectivity index is 3.10. The van der Waals surface area contributed by atoms with Crippen molar-refractivity contribution >= 4 is 0 Å². The minimum Gasteiger partial charge on any atom is -0.396 e. The Morgan fingerprint density at radius 2 is 1.87 bits per heavy atom. The van der Waals surface area contributed by atoms with Gasteiger partial charge in [0, 0.05) is 13.0 Å². The zero-order valence-electron chi connectivity index (χ0n) is 7.28. The van der Waals surface area contributed by atoms with Crippen LogP contribution in [0.2, 0.25) is 0 Å². The summed E-state index contributed by atoms with van der Waals surface area (Å²) in [5.41, 5.74) is -2.83. The van der Waals surface area contributed by atoms with Gasteiger partial charge in [0.05, 0.1) is 11.8 Å². The number of hydrogen-bond donors (Lipinski definition) is 2. The molecule has 1 rings (SSSR count). The van der Waals surface area contributed by atoms with Gasteiger partial charge in [-0.25, -0.2) is 8.78 Å². The quantitative estimate of drug-likeness (QED) is 0.779. The third-order valence-electron chi connectivity index (χ3n) is 1.74. The molecule has 0 aromatic carbocycles. The Kier molecular flexibility index (Phi) is 2.98. The number of aliphatic hydroxyl groups excluding tert-OH is 1. The molecule has 1 aromatic rings. The molecule has 2 N–H and O–H groups in total. The number of nitrogens with one attached hydrogen (secondary N) is 1. The Hall–Kier alpha value is -1.18. The number of aliphatic hydroxyl groups is 1. The van der Waals surface area contributed by atoms with Crippen molar-refractivity contribution in [3.8, 4) is 0 Å². The molecular weight excluding hydrogens is 223 g/mol. The van der Waals surface area contributed by atoms with E-state index in [0.717, 1.165) is 0 Å². The second-order valence-electron chi connectivity index (χ2n) is 2.83. The van der Waals surface area contributed by atoms with Crippen molar-refractivity contribution in [1.82, 2.24) is 10.2 Å². The molecule has 0 fully saturated rings. The Bertz CT molecular complexity index is 332. The Labute approximate surface area is 80.9 Å². The fourth-order valence-electron chi connectivity index (χ4n) is 1.05. The second kappa shape index (κ2) is 3.76. The van der Waals surface area contributed by atoms with Crippen LogP contribution in [0.3, 0.4) is 0 Å². The van der Waals surface area contributed by atoms with Gasteiger partial charge < -0.3 is 5.11 Å². The fraction of sp³-hybridized carbons (Fsp3) is 0.571. The van der Waals surface area contributed by atoms with Crippen molar-refractivity contribution < 1.29 is 27.1 Å². The lowest BCUT2D eigenvalue weighted by Crippen LogP contribution is -2.20. The summed E-state index contributed by atoms with van der Waals surface area (Å²) in [5.74, 6) is -3.74. The molecule has 0 unspecified atom stereocenters. The largest absolute Gasteiger partial charge is 0.433 e. The molecule has 3 nitrogen and oxygen atoms in total. The predicted octanol–water partition coefficient (Wildman–Crippen LogP) is 1.90. The smallest absolute Gasteiger partial charge is 0.396 e. The molecule has 0 spiro atoms. The molecule has 0 amide bonds. The first-order valence-electron chi connectivity index (χ1n) is 3.89.